The van der Waals surface area contributed by atoms with Gasteiger partial charge in [-0.3, -0.25) is 4.79 Å². The van der Waals surface area contributed by atoms with Crippen molar-refractivity contribution in [2.45, 2.75) is 24.2 Å². The largest absolute Gasteiger partial charge is 0.469 e. The summed E-state index contributed by atoms with van der Waals surface area (Å²) in [5.74, 6) is -2.80. The van der Waals surface area contributed by atoms with Gasteiger partial charge in [0.05, 0.1) is 30.7 Å². The van der Waals surface area contributed by atoms with Gasteiger partial charge >= 0.3 is 5.97 Å². The van der Waals surface area contributed by atoms with E-state index in [1.165, 1.54) is 0 Å². The molecule has 1 aromatic heterocycles. The van der Waals surface area contributed by atoms with Gasteiger partial charge in [0.1, 0.15) is 16.5 Å². The molecule has 1 aromatic carbocycles. The van der Waals surface area contributed by atoms with E-state index in [1.54, 1.807) is 0 Å². The number of hydrogen-bond acceptors (Lipinski definition) is 7. The summed E-state index contributed by atoms with van der Waals surface area (Å²) in [7, 11) is -2.55. The number of esters is 1. The summed E-state index contributed by atoms with van der Waals surface area (Å²) in [6, 6.07) is 1.64. The van der Waals surface area contributed by atoms with Crippen LogP contribution in [0.2, 0.25) is 5.28 Å². The third-order valence-electron chi connectivity index (χ3n) is 4.00. The first-order valence-electron chi connectivity index (χ1n) is 7.82. The molecular formula is C16H14ClF2N3O4S. The third-order valence-corrected chi connectivity index (χ3v) is 6.04. The van der Waals surface area contributed by atoms with E-state index in [1.807, 2.05) is 0 Å². The highest BCUT2D eigenvalue weighted by molar-refractivity contribution is 7.91. The monoisotopic (exact) mass is 417 g/mol. The van der Waals surface area contributed by atoms with Crippen LogP contribution in [-0.2, 0) is 32.2 Å². The molecule has 1 aliphatic rings. The molecule has 0 saturated heterocycles. The van der Waals surface area contributed by atoms with Crippen molar-refractivity contribution >= 4 is 38.9 Å². The number of nitrogens with zero attached hydrogens (tertiary/aromatic N) is 2. The molecule has 0 atom stereocenters. The minimum absolute atomic E-state index is 0.103. The fourth-order valence-corrected chi connectivity index (χ4v) is 4.57. The summed E-state index contributed by atoms with van der Waals surface area (Å²) < 4.78 is 57.8. The molecular weight excluding hydrogens is 404 g/mol. The highest BCUT2D eigenvalue weighted by Crippen LogP contribution is 2.33. The third kappa shape index (κ3) is 4.01. The minimum atomic E-state index is -3.68. The van der Waals surface area contributed by atoms with Crippen LogP contribution in [0.1, 0.15) is 17.7 Å². The topological polar surface area (TPSA) is 98.2 Å². The van der Waals surface area contributed by atoms with Crippen molar-refractivity contribution in [2.24, 2.45) is 0 Å². The zero-order valence-electron chi connectivity index (χ0n) is 14.1. The van der Waals surface area contributed by atoms with Crippen LogP contribution < -0.4 is 5.32 Å². The highest BCUT2D eigenvalue weighted by Gasteiger charge is 2.30. The number of methoxy groups -OCH3 is 1. The van der Waals surface area contributed by atoms with Crippen molar-refractivity contribution in [3.8, 4) is 0 Å². The first-order chi connectivity index (χ1) is 12.7. The zero-order valence-corrected chi connectivity index (χ0v) is 15.6. The molecule has 2 aromatic rings. The number of nitrogens with one attached hydrogen (secondary N) is 1. The number of halogens is 3. The standard InChI is InChI=1S/C16H14ClF2N3O4S/c1-26-13(23)6-8-5-10(19)12(7-9(8)18)20-15-14-11(21-16(17)22-15)3-2-4-27(14,24)25/h5,7H,2-4,6H2,1H3,(H,20,21,22). The molecule has 0 amide bonds. The van der Waals surface area contributed by atoms with Crippen LogP contribution in [0.3, 0.4) is 0 Å². The molecule has 3 rings (SSSR count). The molecule has 0 fully saturated rings. The molecule has 1 N–H and O–H groups in total. The lowest BCUT2D eigenvalue weighted by atomic mass is 10.1. The smallest absolute Gasteiger partial charge is 0.310 e. The molecule has 11 heteroatoms. The Labute approximate surface area is 158 Å². The van der Waals surface area contributed by atoms with Gasteiger partial charge in [0.25, 0.3) is 0 Å². The molecule has 0 spiro atoms. The predicted molar refractivity (Wildman–Crippen MR) is 92.8 cm³/mol. The Morgan fingerprint density at radius 3 is 2.74 bits per heavy atom. The highest BCUT2D eigenvalue weighted by atomic mass is 35.5. The molecule has 0 unspecified atom stereocenters. The van der Waals surface area contributed by atoms with Crippen molar-refractivity contribution in [1.82, 2.24) is 9.97 Å². The van der Waals surface area contributed by atoms with Crippen molar-refractivity contribution in [3.63, 3.8) is 0 Å². The fraction of sp³-hybridized carbons (Fsp3) is 0.312. The Morgan fingerprint density at radius 1 is 1.30 bits per heavy atom. The summed E-state index contributed by atoms with van der Waals surface area (Å²) >= 11 is 5.83. The number of sulfone groups is 1. The SMILES string of the molecule is COC(=O)Cc1cc(F)c(Nc2nc(Cl)nc3c2S(=O)(=O)CCC3)cc1F. The van der Waals surface area contributed by atoms with E-state index in [4.69, 9.17) is 11.6 Å². The number of ether oxygens (including phenoxy) is 1. The van der Waals surface area contributed by atoms with E-state index in [2.05, 4.69) is 20.0 Å². The van der Waals surface area contributed by atoms with Gasteiger partial charge in [0.2, 0.25) is 5.28 Å². The van der Waals surface area contributed by atoms with Crippen LogP contribution in [0, 0.1) is 11.6 Å². The van der Waals surface area contributed by atoms with E-state index in [-0.39, 0.29) is 38.7 Å². The van der Waals surface area contributed by atoms with E-state index in [0.29, 0.717) is 12.8 Å². The Balaban J connectivity index is 2.03. The Morgan fingerprint density at radius 2 is 2.04 bits per heavy atom. The van der Waals surface area contributed by atoms with E-state index in [0.717, 1.165) is 19.2 Å². The molecule has 0 bridgehead atoms. The molecule has 144 valence electrons. The Bertz CT molecular complexity index is 1030. The maximum atomic E-state index is 14.4. The second-order valence-electron chi connectivity index (χ2n) is 5.84. The summed E-state index contributed by atoms with van der Waals surface area (Å²) in [5.41, 5.74) is -0.314. The Hall–Kier alpha value is -2.33. The molecule has 2 heterocycles. The lowest BCUT2D eigenvalue weighted by Crippen LogP contribution is -2.20. The van der Waals surface area contributed by atoms with Gasteiger partial charge in [-0.15, -0.1) is 0 Å². The first kappa shape index (κ1) is 19.4. The quantitative estimate of drug-likeness (QED) is 0.603. The van der Waals surface area contributed by atoms with Crippen molar-refractivity contribution in [1.29, 1.82) is 0 Å². The first-order valence-corrected chi connectivity index (χ1v) is 9.85. The summed E-state index contributed by atoms with van der Waals surface area (Å²) in [5, 5.41) is 2.27. The number of aryl methyl sites for hydroxylation is 1. The van der Waals surface area contributed by atoms with Gasteiger partial charge in [-0.2, -0.15) is 4.98 Å². The maximum absolute atomic E-state index is 14.4. The summed E-state index contributed by atoms with van der Waals surface area (Å²) in [6.45, 7) is 0. The number of carbonyl (C=O) groups is 1. The molecule has 7 nitrogen and oxygen atoms in total. The second kappa shape index (κ2) is 7.35. The van der Waals surface area contributed by atoms with E-state index in [9.17, 15) is 22.0 Å². The number of benzene rings is 1. The van der Waals surface area contributed by atoms with Gasteiger partial charge in [-0.1, -0.05) is 0 Å². The molecule has 0 saturated carbocycles. The average Bonchev–Trinajstić information content (AvgIpc) is 2.58. The van der Waals surface area contributed by atoms with Crippen LogP contribution >= 0.6 is 11.6 Å². The predicted octanol–water partition coefficient (Wildman–Crippen LogP) is 2.59. The van der Waals surface area contributed by atoms with E-state index < -0.39 is 33.9 Å². The van der Waals surface area contributed by atoms with Crippen LogP contribution in [-0.4, -0.2) is 37.2 Å². The molecule has 1 aliphatic heterocycles. The summed E-state index contributed by atoms with van der Waals surface area (Å²) in [4.78, 5) is 18.9. The van der Waals surface area contributed by atoms with Crippen LogP contribution in [0.4, 0.5) is 20.3 Å². The minimum Gasteiger partial charge on any atom is -0.469 e. The van der Waals surface area contributed by atoms with Gasteiger partial charge < -0.3 is 10.1 Å². The lowest BCUT2D eigenvalue weighted by Gasteiger charge is -2.19. The normalized spacial score (nSPS) is 15.1. The number of carbonyl (C=O) groups excluding carboxylic acids is 1. The fourth-order valence-electron chi connectivity index (χ4n) is 2.75. The van der Waals surface area contributed by atoms with Gasteiger partial charge in [0.15, 0.2) is 15.7 Å². The van der Waals surface area contributed by atoms with Crippen molar-refractivity contribution in [3.05, 3.63) is 40.3 Å². The van der Waals surface area contributed by atoms with Gasteiger partial charge in [-0.25, -0.2) is 22.2 Å². The van der Waals surface area contributed by atoms with Crippen molar-refractivity contribution < 1.29 is 26.7 Å². The molecule has 27 heavy (non-hydrogen) atoms. The van der Waals surface area contributed by atoms with E-state index >= 15 is 0 Å². The van der Waals surface area contributed by atoms with Crippen molar-refractivity contribution in [2.75, 3.05) is 18.2 Å². The number of aromatic nitrogens is 2. The maximum Gasteiger partial charge on any atom is 0.310 e. The zero-order chi connectivity index (χ0) is 19.8. The van der Waals surface area contributed by atoms with Crippen LogP contribution in [0.25, 0.3) is 0 Å². The average molecular weight is 418 g/mol. The number of anilines is 2. The second-order valence-corrected chi connectivity index (χ2v) is 8.22. The number of fused-ring (bicyclic) bond motifs is 1. The number of rotatable bonds is 4. The van der Waals surface area contributed by atoms with Gasteiger partial charge in [-0.05, 0) is 30.5 Å². The number of hydrogen-bond donors (Lipinski definition) is 1. The Kier molecular flexibility index (Phi) is 5.29. The molecule has 0 aliphatic carbocycles. The van der Waals surface area contributed by atoms with Gasteiger partial charge in [0, 0.05) is 11.6 Å². The van der Waals surface area contributed by atoms with Crippen LogP contribution in [0.5, 0.6) is 0 Å². The molecule has 0 radical (unpaired) electrons. The van der Waals surface area contributed by atoms with Crippen LogP contribution in [0.15, 0.2) is 17.0 Å². The summed E-state index contributed by atoms with van der Waals surface area (Å²) in [6.07, 6.45) is 0.316. The lowest BCUT2D eigenvalue weighted by molar-refractivity contribution is -0.139.